The number of nitrogens with zero attached hydrogens (tertiary/aromatic N) is 3. The number of thioether (sulfide) groups is 1. The Bertz CT molecular complexity index is 328. The summed E-state index contributed by atoms with van der Waals surface area (Å²) in [7, 11) is 0. The molecule has 0 radical (unpaired) electrons. The fourth-order valence-electron chi connectivity index (χ4n) is 2.46. The Hall–Kier alpha value is -0.180. The second kappa shape index (κ2) is 9.70. The number of hydrogen-bond acceptors (Lipinski definition) is 3. The van der Waals surface area contributed by atoms with Crippen molar-refractivity contribution in [1.82, 2.24) is 9.80 Å². The first-order chi connectivity index (χ1) is 9.27. The highest BCUT2D eigenvalue weighted by Crippen LogP contribution is 2.10. The van der Waals surface area contributed by atoms with Gasteiger partial charge in [0.1, 0.15) is 0 Å². The van der Waals surface area contributed by atoms with E-state index < -0.39 is 0 Å². The largest absolute Gasteiger partial charge is 0.370 e. The van der Waals surface area contributed by atoms with Gasteiger partial charge in [0.25, 0.3) is 0 Å². The molecule has 116 valence electrons. The summed E-state index contributed by atoms with van der Waals surface area (Å²) in [4.78, 5) is 20.4. The van der Waals surface area contributed by atoms with Gasteiger partial charge in [-0.25, -0.2) is 0 Å². The van der Waals surface area contributed by atoms with E-state index in [-0.39, 0.29) is 29.9 Å². The third-order valence-corrected chi connectivity index (χ3v) is 4.59. The average molecular weight is 412 g/mol. The van der Waals surface area contributed by atoms with Crippen molar-refractivity contribution < 1.29 is 4.79 Å². The normalized spacial score (nSPS) is 20.5. The molecule has 20 heavy (non-hydrogen) atoms. The van der Waals surface area contributed by atoms with E-state index in [1.807, 2.05) is 16.7 Å². The summed E-state index contributed by atoms with van der Waals surface area (Å²) < 4.78 is 0. The number of rotatable bonds is 3. The third-order valence-electron chi connectivity index (χ3n) is 3.64. The molecule has 0 spiro atoms. The fourth-order valence-corrected chi connectivity index (χ4v) is 3.36. The van der Waals surface area contributed by atoms with Crippen molar-refractivity contribution >= 4 is 47.6 Å². The first-order valence-corrected chi connectivity index (χ1v) is 8.33. The smallest absolute Gasteiger partial charge is 0.224 e. The Morgan fingerprint density at radius 3 is 2.35 bits per heavy atom. The molecule has 2 N–H and O–H groups in total. The standard InChI is InChI=1S/C13H24N4OS.HI/c14-13(17-8-10-19-11-9-17)15-5-4-12(18)16-6-2-1-3-7-16;/h1-11H2,(H2,14,15);1H. The lowest BCUT2D eigenvalue weighted by molar-refractivity contribution is -0.131. The number of aliphatic imine (C=N–C) groups is 1. The van der Waals surface area contributed by atoms with Crippen molar-refractivity contribution in [3.63, 3.8) is 0 Å². The third kappa shape index (κ3) is 5.67. The maximum atomic E-state index is 12.0. The van der Waals surface area contributed by atoms with E-state index in [2.05, 4.69) is 9.89 Å². The van der Waals surface area contributed by atoms with Crippen LogP contribution in [0.5, 0.6) is 0 Å². The molecule has 0 aromatic carbocycles. The van der Waals surface area contributed by atoms with E-state index in [9.17, 15) is 4.79 Å². The Labute approximate surface area is 142 Å². The van der Waals surface area contributed by atoms with Crippen molar-refractivity contribution in [2.45, 2.75) is 25.7 Å². The summed E-state index contributed by atoms with van der Waals surface area (Å²) >= 11 is 1.95. The first-order valence-electron chi connectivity index (χ1n) is 7.18. The van der Waals surface area contributed by atoms with Gasteiger partial charge in [0.2, 0.25) is 5.91 Å². The van der Waals surface area contributed by atoms with E-state index >= 15 is 0 Å². The first kappa shape index (κ1) is 17.9. The predicted molar refractivity (Wildman–Crippen MR) is 95.9 cm³/mol. The number of nitrogens with two attached hydrogens (primary N) is 1. The summed E-state index contributed by atoms with van der Waals surface area (Å²) in [5, 5.41) is 0. The molecule has 2 aliphatic rings. The fraction of sp³-hybridized carbons (Fsp3) is 0.846. The summed E-state index contributed by atoms with van der Waals surface area (Å²) in [5.41, 5.74) is 5.95. The summed E-state index contributed by atoms with van der Waals surface area (Å²) in [6, 6.07) is 0. The molecule has 2 saturated heterocycles. The number of piperidine rings is 1. The van der Waals surface area contributed by atoms with Gasteiger partial charge < -0.3 is 15.5 Å². The highest BCUT2D eigenvalue weighted by atomic mass is 127. The Morgan fingerprint density at radius 2 is 1.70 bits per heavy atom. The molecule has 0 atom stereocenters. The maximum absolute atomic E-state index is 12.0. The molecule has 2 fully saturated rings. The predicted octanol–water partition coefficient (Wildman–Crippen LogP) is 1.37. The highest BCUT2D eigenvalue weighted by molar-refractivity contribution is 14.0. The van der Waals surface area contributed by atoms with E-state index in [0.29, 0.717) is 18.9 Å². The monoisotopic (exact) mass is 412 g/mol. The number of halogens is 1. The molecule has 5 nitrogen and oxygen atoms in total. The zero-order valence-electron chi connectivity index (χ0n) is 11.9. The quantitative estimate of drug-likeness (QED) is 0.432. The van der Waals surface area contributed by atoms with Crippen molar-refractivity contribution in [3.05, 3.63) is 0 Å². The van der Waals surface area contributed by atoms with Gasteiger partial charge in [-0.15, -0.1) is 24.0 Å². The van der Waals surface area contributed by atoms with Crippen LogP contribution in [0.2, 0.25) is 0 Å². The number of carbonyl (C=O) groups is 1. The Morgan fingerprint density at radius 1 is 1.05 bits per heavy atom. The molecule has 1 amide bonds. The van der Waals surface area contributed by atoms with Crippen LogP contribution in [0, 0.1) is 0 Å². The minimum absolute atomic E-state index is 0. The summed E-state index contributed by atoms with van der Waals surface area (Å²) in [5.74, 6) is 3.06. The molecular formula is C13H25IN4OS. The van der Waals surface area contributed by atoms with Crippen LogP contribution in [0.15, 0.2) is 4.99 Å². The van der Waals surface area contributed by atoms with Crippen molar-refractivity contribution in [3.8, 4) is 0 Å². The van der Waals surface area contributed by atoms with Gasteiger partial charge in [-0.3, -0.25) is 9.79 Å². The van der Waals surface area contributed by atoms with Gasteiger partial charge >= 0.3 is 0 Å². The second-order valence-electron chi connectivity index (χ2n) is 5.03. The van der Waals surface area contributed by atoms with Crippen LogP contribution in [0.1, 0.15) is 25.7 Å². The molecule has 2 aliphatic heterocycles. The van der Waals surface area contributed by atoms with Crippen LogP contribution in [0.25, 0.3) is 0 Å². The molecule has 0 bridgehead atoms. The molecule has 0 saturated carbocycles. The molecule has 2 rings (SSSR count). The molecular weight excluding hydrogens is 387 g/mol. The highest BCUT2D eigenvalue weighted by Gasteiger charge is 2.16. The topological polar surface area (TPSA) is 61.9 Å². The Balaban J connectivity index is 0.00000200. The van der Waals surface area contributed by atoms with Gasteiger partial charge in [0.15, 0.2) is 5.96 Å². The van der Waals surface area contributed by atoms with Crippen LogP contribution in [0.3, 0.4) is 0 Å². The van der Waals surface area contributed by atoms with Gasteiger partial charge in [-0.05, 0) is 19.3 Å². The number of amides is 1. The zero-order chi connectivity index (χ0) is 13.5. The molecule has 2 heterocycles. The van der Waals surface area contributed by atoms with Crippen molar-refractivity contribution in [2.24, 2.45) is 10.7 Å². The Kier molecular flexibility index (Phi) is 8.67. The van der Waals surface area contributed by atoms with Crippen LogP contribution in [-0.4, -0.2) is 65.9 Å². The number of likely N-dealkylation sites (tertiary alicyclic amines) is 1. The van der Waals surface area contributed by atoms with Gasteiger partial charge in [0.05, 0.1) is 6.54 Å². The molecule has 7 heteroatoms. The number of guanidine groups is 1. The minimum Gasteiger partial charge on any atom is -0.370 e. The van der Waals surface area contributed by atoms with Crippen LogP contribution in [0.4, 0.5) is 0 Å². The maximum Gasteiger partial charge on any atom is 0.224 e. The van der Waals surface area contributed by atoms with Crippen molar-refractivity contribution in [2.75, 3.05) is 44.2 Å². The second-order valence-corrected chi connectivity index (χ2v) is 6.26. The zero-order valence-corrected chi connectivity index (χ0v) is 15.1. The van der Waals surface area contributed by atoms with Gasteiger partial charge in [0, 0.05) is 44.1 Å². The van der Waals surface area contributed by atoms with E-state index in [0.717, 1.165) is 50.5 Å². The van der Waals surface area contributed by atoms with E-state index in [1.54, 1.807) is 0 Å². The van der Waals surface area contributed by atoms with Crippen LogP contribution >= 0.6 is 35.7 Å². The molecule has 0 aromatic rings. The number of carbonyl (C=O) groups excluding carboxylic acids is 1. The van der Waals surface area contributed by atoms with Crippen molar-refractivity contribution in [1.29, 1.82) is 0 Å². The summed E-state index contributed by atoms with van der Waals surface area (Å²) in [6.45, 7) is 4.30. The number of hydrogen-bond donors (Lipinski definition) is 1. The van der Waals surface area contributed by atoms with E-state index in [1.165, 1.54) is 6.42 Å². The van der Waals surface area contributed by atoms with Gasteiger partial charge in [-0.2, -0.15) is 11.8 Å². The SMILES string of the molecule is I.NC(=NCCC(=O)N1CCCCC1)N1CCSCC1. The molecule has 0 aromatic heterocycles. The van der Waals surface area contributed by atoms with Crippen LogP contribution < -0.4 is 5.73 Å². The molecule has 0 unspecified atom stereocenters. The minimum atomic E-state index is 0. The average Bonchev–Trinajstić information content (AvgIpc) is 2.49. The van der Waals surface area contributed by atoms with Gasteiger partial charge in [-0.1, -0.05) is 0 Å². The molecule has 0 aliphatic carbocycles. The van der Waals surface area contributed by atoms with Crippen LogP contribution in [-0.2, 0) is 4.79 Å². The lowest BCUT2D eigenvalue weighted by atomic mass is 10.1. The van der Waals surface area contributed by atoms with E-state index in [4.69, 9.17) is 5.73 Å². The summed E-state index contributed by atoms with van der Waals surface area (Å²) in [6.07, 6.45) is 4.02. The lowest BCUT2D eigenvalue weighted by Crippen LogP contribution is -2.43. The lowest BCUT2D eigenvalue weighted by Gasteiger charge is -2.28.